The van der Waals surface area contributed by atoms with E-state index in [2.05, 4.69) is 15.8 Å². The first kappa shape index (κ1) is 10.9. The van der Waals surface area contributed by atoms with Gasteiger partial charge >= 0.3 is 0 Å². The van der Waals surface area contributed by atoms with Gasteiger partial charge in [0.2, 0.25) is 0 Å². The number of nitrogens with zero attached hydrogens (tertiary/aromatic N) is 1. The van der Waals surface area contributed by atoms with Gasteiger partial charge in [0.05, 0.1) is 5.69 Å². The minimum Gasteiger partial charge on any atom is -0.504 e. The second-order valence-corrected chi connectivity index (χ2v) is 4.08. The molecule has 0 amide bonds. The van der Waals surface area contributed by atoms with Crippen LogP contribution in [0, 0.1) is 5.95 Å². The molecule has 18 heavy (non-hydrogen) atoms. The highest BCUT2D eigenvalue weighted by Crippen LogP contribution is 2.31. The smallest absolute Gasteiger partial charge is 0.255 e. The Hall–Kier alpha value is -2.18. The Morgan fingerprint density at radius 3 is 2.89 bits per heavy atom. The van der Waals surface area contributed by atoms with Gasteiger partial charge in [-0.3, -0.25) is 0 Å². The highest BCUT2D eigenvalue weighted by molar-refractivity contribution is 5.70. The van der Waals surface area contributed by atoms with Gasteiger partial charge in [0, 0.05) is 17.3 Å². The fraction of sp³-hybridized carbons (Fsp3) is 0.0833. The van der Waals surface area contributed by atoms with Crippen molar-refractivity contribution in [2.24, 2.45) is 5.73 Å². The van der Waals surface area contributed by atoms with Crippen molar-refractivity contribution < 1.29 is 9.50 Å². The molecule has 2 aromatic rings. The first-order valence-corrected chi connectivity index (χ1v) is 5.41. The lowest BCUT2D eigenvalue weighted by Gasteiger charge is -2.06. The van der Waals surface area contributed by atoms with Crippen LogP contribution in [0.15, 0.2) is 30.5 Å². The Morgan fingerprint density at radius 1 is 1.28 bits per heavy atom. The van der Waals surface area contributed by atoms with Crippen LogP contribution in [0.4, 0.5) is 10.1 Å². The molecule has 1 aromatic heterocycles. The SMILES string of the molecule is NC1NNc2ccc(-c3cnc(F)c(O)c3)cc21. The number of aromatic nitrogens is 1. The summed E-state index contributed by atoms with van der Waals surface area (Å²) in [7, 11) is 0. The molecular weight excluding hydrogens is 235 g/mol. The number of pyridine rings is 1. The van der Waals surface area contributed by atoms with Crippen LogP contribution in [0.2, 0.25) is 0 Å². The fourth-order valence-electron chi connectivity index (χ4n) is 1.94. The molecule has 2 heterocycles. The zero-order chi connectivity index (χ0) is 12.7. The van der Waals surface area contributed by atoms with E-state index in [1.807, 2.05) is 18.2 Å². The lowest BCUT2D eigenvalue weighted by Crippen LogP contribution is -2.25. The molecule has 0 saturated heterocycles. The maximum absolute atomic E-state index is 12.9. The monoisotopic (exact) mass is 246 g/mol. The molecule has 0 radical (unpaired) electrons. The number of nitrogens with two attached hydrogens (primary N) is 1. The van der Waals surface area contributed by atoms with E-state index in [1.165, 1.54) is 12.3 Å². The number of fused-ring (bicyclic) bond motifs is 1. The van der Waals surface area contributed by atoms with Gasteiger partial charge in [0.25, 0.3) is 5.95 Å². The standard InChI is InChI=1S/C12H11FN4O/c13-11-10(18)4-7(5-15-11)6-1-2-9-8(3-6)12(14)17-16-9/h1-5,12,16-18H,14H2. The van der Waals surface area contributed by atoms with E-state index in [0.717, 1.165) is 16.8 Å². The van der Waals surface area contributed by atoms with Crippen LogP contribution >= 0.6 is 0 Å². The molecule has 5 nitrogen and oxygen atoms in total. The molecule has 5 N–H and O–H groups in total. The van der Waals surface area contributed by atoms with Gasteiger partial charge in [-0.1, -0.05) is 6.07 Å². The van der Waals surface area contributed by atoms with Crippen molar-refractivity contribution in [1.29, 1.82) is 0 Å². The van der Waals surface area contributed by atoms with Gasteiger partial charge in [0.1, 0.15) is 6.17 Å². The normalized spacial score (nSPS) is 17.3. The largest absolute Gasteiger partial charge is 0.504 e. The number of hydrazine groups is 1. The van der Waals surface area contributed by atoms with Crippen molar-refractivity contribution in [3.05, 3.63) is 42.0 Å². The number of rotatable bonds is 1. The number of halogens is 1. The van der Waals surface area contributed by atoms with Crippen LogP contribution in [0.25, 0.3) is 11.1 Å². The summed E-state index contributed by atoms with van der Waals surface area (Å²) in [6.45, 7) is 0. The number of aromatic hydroxyl groups is 1. The van der Waals surface area contributed by atoms with E-state index < -0.39 is 11.7 Å². The van der Waals surface area contributed by atoms with E-state index in [-0.39, 0.29) is 6.17 Å². The van der Waals surface area contributed by atoms with Crippen LogP contribution in [0.5, 0.6) is 5.75 Å². The van der Waals surface area contributed by atoms with E-state index >= 15 is 0 Å². The first-order valence-electron chi connectivity index (χ1n) is 5.41. The number of anilines is 1. The average molecular weight is 246 g/mol. The molecule has 1 unspecified atom stereocenters. The molecule has 92 valence electrons. The molecule has 3 rings (SSSR count). The fourth-order valence-corrected chi connectivity index (χ4v) is 1.94. The number of hydrogen-bond donors (Lipinski definition) is 4. The Bertz CT molecular complexity index is 617. The highest BCUT2D eigenvalue weighted by Gasteiger charge is 2.18. The molecule has 1 aliphatic heterocycles. The molecule has 0 bridgehead atoms. The second kappa shape index (κ2) is 3.94. The van der Waals surface area contributed by atoms with Crippen LogP contribution in [0.3, 0.4) is 0 Å². The summed E-state index contributed by atoms with van der Waals surface area (Å²) in [5.41, 5.74) is 15.0. The Kier molecular flexibility index (Phi) is 2.39. The summed E-state index contributed by atoms with van der Waals surface area (Å²) in [6.07, 6.45) is 1.08. The van der Waals surface area contributed by atoms with Gasteiger partial charge in [-0.25, -0.2) is 10.4 Å². The Labute approximate surface area is 102 Å². The predicted octanol–water partition coefficient (Wildman–Crippen LogP) is 1.48. The third-order valence-corrected chi connectivity index (χ3v) is 2.90. The van der Waals surface area contributed by atoms with Crippen molar-refractivity contribution in [1.82, 2.24) is 10.4 Å². The van der Waals surface area contributed by atoms with Crippen molar-refractivity contribution in [3.8, 4) is 16.9 Å². The van der Waals surface area contributed by atoms with Crippen molar-refractivity contribution >= 4 is 5.69 Å². The van der Waals surface area contributed by atoms with E-state index in [4.69, 9.17) is 5.73 Å². The van der Waals surface area contributed by atoms with Crippen LogP contribution in [0.1, 0.15) is 11.7 Å². The molecule has 1 atom stereocenters. The number of benzene rings is 1. The quantitative estimate of drug-likeness (QED) is 0.573. The van der Waals surface area contributed by atoms with Crippen LogP contribution in [-0.2, 0) is 0 Å². The maximum Gasteiger partial charge on any atom is 0.255 e. The van der Waals surface area contributed by atoms with E-state index in [0.29, 0.717) is 5.56 Å². The van der Waals surface area contributed by atoms with Crippen molar-refractivity contribution in [2.75, 3.05) is 5.43 Å². The zero-order valence-corrected chi connectivity index (χ0v) is 9.31. The first-order chi connectivity index (χ1) is 8.65. The molecule has 0 fully saturated rings. The second-order valence-electron chi connectivity index (χ2n) is 4.08. The number of nitrogens with one attached hydrogen (secondary N) is 2. The predicted molar refractivity (Wildman–Crippen MR) is 65.0 cm³/mol. The van der Waals surface area contributed by atoms with Gasteiger partial charge < -0.3 is 16.3 Å². The number of hydrogen-bond acceptors (Lipinski definition) is 5. The lowest BCUT2D eigenvalue weighted by molar-refractivity contribution is 0.419. The molecule has 0 aliphatic carbocycles. The molecule has 6 heteroatoms. The third-order valence-electron chi connectivity index (χ3n) is 2.90. The average Bonchev–Trinajstić information content (AvgIpc) is 2.74. The minimum atomic E-state index is -0.875. The summed E-state index contributed by atoms with van der Waals surface area (Å²) in [5, 5.41) is 9.32. The summed E-state index contributed by atoms with van der Waals surface area (Å²) >= 11 is 0. The molecule has 0 spiro atoms. The van der Waals surface area contributed by atoms with Gasteiger partial charge in [-0.15, -0.1) is 0 Å². The molecule has 1 aliphatic rings. The van der Waals surface area contributed by atoms with Crippen molar-refractivity contribution in [2.45, 2.75) is 6.17 Å². The molecule has 0 saturated carbocycles. The Morgan fingerprint density at radius 2 is 2.11 bits per heavy atom. The third kappa shape index (κ3) is 1.68. The van der Waals surface area contributed by atoms with E-state index in [9.17, 15) is 9.50 Å². The summed E-state index contributed by atoms with van der Waals surface area (Å²) in [4.78, 5) is 3.49. The van der Waals surface area contributed by atoms with Crippen LogP contribution < -0.4 is 16.6 Å². The highest BCUT2D eigenvalue weighted by atomic mass is 19.1. The van der Waals surface area contributed by atoms with Gasteiger partial charge in [-0.05, 0) is 23.8 Å². The topological polar surface area (TPSA) is 83.2 Å². The van der Waals surface area contributed by atoms with Crippen molar-refractivity contribution in [3.63, 3.8) is 0 Å². The Balaban J connectivity index is 2.07. The summed E-state index contributed by atoms with van der Waals surface area (Å²) < 4.78 is 12.9. The van der Waals surface area contributed by atoms with Gasteiger partial charge in [0.15, 0.2) is 5.75 Å². The van der Waals surface area contributed by atoms with Gasteiger partial charge in [-0.2, -0.15) is 4.39 Å². The molecular formula is C12H11FN4O. The lowest BCUT2D eigenvalue weighted by atomic mass is 10.0. The minimum absolute atomic E-state index is 0.290. The summed E-state index contributed by atoms with van der Waals surface area (Å²) in [6, 6.07) is 6.93. The zero-order valence-electron chi connectivity index (χ0n) is 9.31. The van der Waals surface area contributed by atoms with E-state index in [1.54, 1.807) is 0 Å². The molecule has 1 aromatic carbocycles. The summed E-state index contributed by atoms with van der Waals surface area (Å²) in [5.74, 6) is -1.34. The van der Waals surface area contributed by atoms with Crippen LogP contribution in [-0.4, -0.2) is 10.1 Å². The maximum atomic E-state index is 12.9.